The molecule has 1 heterocycles. The van der Waals surface area contributed by atoms with Crippen LogP contribution in [-0.4, -0.2) is 29.4 Å². The summed E-state index contributed by atoms with van der Waals surface area (Å²) in [5.74, 6) is -0.941. The summed E-state index contributed by atoms with van der Waals surface area (Å²) in [5.41, 5.74) is -0.621. The number of carbonyl (C=O) groups is 1. The first-order valence-electron chi connectivity index (χ1n) is 4.26. The number of phenolic OH excluding ortho intramolecular Hbond substituents is 1. The van der Waals surface area contributed by atoms with Crippen LogP contribution in [0.1, 0.15) is 5.56 Å². The van der Waals surface area contributed by atoms with Crippen molar-refractivity contribution in [1.29, 1.82) is 0 Å². The molecule has 1 fully saturated rings. The molecule has 4 heteroatoms. The Balaban J connectivity index is 2.47. The zero-order chi connectivity index (χ0) is 10.2. The zero-order valence-electron chi connectivity index (χ0n) is 7.43. The minimum atomic E-state index is -1.05. The number of para-hydroxylation sites is 1. The lowest BCUT2D eigenvalue weighted by molar-refractivity contribution is -0.163. The van der Waals surface area contributed by atoms with E-state index in [1.165, 1.54) is 6.07 Å². The van der Waals surface area contributed by atoms with Crippen molar-refractivity contribution in [3.63, 3.8) is 0 Å². The molecule has 14 heavy (non-hydrogen) atoms. The topological polar surface area (TPSA) is 66.8 Å². The lowest BCUT2D eigenvalue weighted by Crippen LogP contribution is -2.53. The predicted molar refractivity (Wildman–Crippen MR) is 48.2 cm³/mol. The highest BCUT2D eigenvalue weighted by Gasteiger charge is 2.49. The molecule has 1 aliphatic rings. The molecule has 1 aliphatic heterocycles. The van der Waals surface area contributed by atoms with Gasteiger partial charge in [0.15, 0.2) is 0 Å². The summed E-state index contributed by atoms with van der Waals surface area (Å²) < 4.78 is 4.92. The molecular weight excluding hydrogens is 184 g/mol. The molecule has 1 aromatic rings. The molecule has 0 radical (unpaired) electrons. The summed E-state index contributed by atoms with van der Waals surface area (Å²) in [4.78, 5) is 11.1. The van der Waals surface area contributed by atoms with Crippen molar-refractivity contribution in [2.75, 3.05) is 13.2 Å². The fourth-order valence-electron chi connectivity index (χ4n) is 1.58. The number of aromatic hydroxyl groups is 1. The number of rotatable bonds is 2. The summed E-state index contributed by atoms with van der Waals surface area (Å²) in [6.07, 6.45) is 0. The van der Waals surface area contributed by atoms with Gasteiger partial charge in [0.2, 0.25) is 0 Å². The first-order valence-corrected chi connectivity index (χ1v) is 4.26. The lowest BCUT2D eigenvalue weighted by Gasteiger charge is -2.37. The summed E-state index contributed by atoms with van der Waals surface area (Å²) in [6, 6.07) is 6.47. The van der Waals surface area contributed by atoms with Gasteiger partial charge in [-0.25, -0.2) is 0 Å². The number of hydrogen-bond donors (Lipinski definition) is 2. The smallest absolute Gasteiger partial charge is 0.319 e. The monoisotopic (exact) mass is 194 g/mol. The van der Waals surface area contributed by atoms with Crippen molar-refractivity contribution in [1.82, 2.24) is 0 Å². The maximum atomic E-state index is 11.1. The fourth-order valence-corrected chi connectivity index (χ4v) is 1.58. The fraction of sp³-hybridized carbons (Fsp3) is 0.300. The largest absolute Gasteiger partial charge is 0.508 e. The van der Waals surface area contributed by atoms with Crippen LogP contribution < -0.4 is 0 Å². The summed E-state index contributed by atoms with van der Waals surface area (Å²) in [7, 11) is 0. The van der Waals surface area contributed by atoms with Crippen LogP contribution in [0.25, 0.3) is 0 Å². The van der Waals surface area contributed by atoms with Gasteiger partial charge in [-0.15, -0.1) is 0 Å². The van der Waals surface area contributed by atoms with Crippen molar-refractivity contribution >= 4 is 5.97 Å². The van der Waals surface area contributed by atoms with Crippen molar-refractivity contribution in [3.05, 3.63) is 29.8 Å². The molecule has 0 bridgehead atoms. The van der Waals surface area contributed by atoms with E-state index in [1.807, 2.05) is 0 Å². The van der Waals surface area contributed by atoms with Crippen LogP contribution in [0.2, 0.25) is 0 Å². The highest BCUT2D eigenvalue weighted by atomic mass is 16.5. The Morgan fingerprint density at radius 3 is 2.43 bits per heavy atom. The van der Waals surface area contributed by atoms with Gasteiger partial charge in [0.1, 0.15) is 11.2 Å². The molecule has 1 saturated heterocycles. The minimum Gasteiger partial charge on any atom is -0.508 e. The average Bonchev–Trinajstić information content (AvgIpc) is 2.05. The van der Waals surface area contributed by atoms with Crippen LogP contribution in [0.4, 0.5) is 0 Å². The molecule has 74 valence electrons. The number of aliphatic carboxylic acids is 1. The van der Waals surface area contributed by atoms with Gasteiger partial charge in [-0.05, 0) is 6.07 Å². The molecule has 2 N–H and O–H groups in total. The van der Waals surface area contributed by atoms with Gasteiger partial charge in [0.05, 0.1) is 13.2 Å². The molecule has 1 aromatic carbocycles. The second kappa shape index (κ2) is 2.99. The highest BCUT2D eigenvalue weighted by molar-refractivity contribution is 5.83. The second-order valence-corrected chi connectivity index (χ2v) is 3.40. The van der Waals surface area contributed by atoms with Gasteiger partial charge < -0.3 is 14.9 Å². The molecule has 0 atom stereocenters. The van der Waals surface area contributed by atoms with Gasteiger partial charge in [0.25, 0.3) is 0 Å². The number of phenols is 1. The molecular formula is C10H10O4. The zero-order valence-corrected chi connectivity index (χ0v) is 7.43. The van der Waals surface area contributed by atoms with E-state index in [-0.39, 0.29) is 19.0 Å². The van der Waals surface area contributed by atoms with E-state index in [2.05, 4.69) is 0 Å². The molecule has 0 spiro atoms. The number of benzene rings is 1. The Morgan fingerprint density at radius 1 is 1.36 bits per heavy atom. The standard InChI is InChI=1S/C10H10O4/c11-8-4-2-1-3-7(8)10(9(12)13)5-14-6-10/h1-4,11H,5-6H2,(H,12,13). The van der Waals surface area contributed by atoms with Crippen molar-refractivity contribution in [2.45, 2.75) is 5.41 Å². The van der Waals surface area contributed by atoms with Crippen LogP contribution in [0.3, 0.4) is 0 Å². The third-order valence-corrected chi connectivity index (χ3v) is 2.53. The minimum absolute atomic E-state index is 0.0122. The van der Waals surface area contributed by atoms with Crippen LogP contribution in [0.15, 0.2) is 24.3 Å². The van der Waals surface area contributed by atoms with E-state index in [1.54, 1.807) is 18.2 Å². The normalized spacial score (nSPS) is 18.6. The van der Waals surface area contributed by atoms with Gasteiger partial charge in [-0.2, -0.15) is 0 Å². The van der Waals surface area contributed by atoms with Crippen molar-refractivity contribution in [2.24, 2.45) is 0 Å². The summed E-state index contributed by atoms with van der Waals surface area (Å²) >= 11 is 0. The average molecular weight is 194 g/mol. The molecule has 0 aromatic heterocycles. The molecule has 4 nitrogen and oxygen atoms in total. The van der Waals surface area contributed by atoms with Gasteiger partial charge in [0, 0.05) is 5.56 Å². The van der Waals surface area contributed by atoms with E-state index in [9.17, 15) is 9.90 Å². The first-order chi connectivity index (χ1) is 6.67. The van der Waals surface area contributed by atoms with Gasteiger partial charge in [-0.1, -0.05) is 18.2 Å². The predicted octanol–water partition coefficient (Wildman–Crippen LogP) is 0.745. The maximum Gasteiger partial charge on any atom is 0.319 e. The third-order valence-electron chi connectivity index (χ3n) is 2.53. The van der Waals surface area contributed by atoms with Crippen LogP contribution in [0, 0.1) is 0 Å². The number of hydrogen-bond acceptors (Lipinski definition) is 3. The SMILES string of the molecule is O=C(O)C1(c2ccccc2O)COC1. The number of carboxylic acids is 1. The Kier molecular flexibility index (Phi) is 1.93. The van der Waals surface area contributed by atoms with E-state index in [0.717, 1.165) is 0 Å². The Bertz CT molecular complexity index is 368. The third kappa shape index (κ3) is 1.08. The molecule has 2 rings (SSSR count). The van der Waals surface area contributed by atoms with Crippen LogP contribution in [-0.2, 0) is 14.9 Å². The Labute approximate surface area is 80.7 Å². The lowest BCUT2D eigenvalue weighted by atomic mass is 9.78. The number of carboxylic acid groups (broad SMARTS) is 1. The van der Waals surface area contributed by atoms with Gasteiger partial charge >= 0.3 is 5.97 Å². The maximum absolute atomic E-state index is 11.1. The van der Waals surface area contributed by atoms with Crippen LogP contribution >= 0.6 is 0 Å². The van der Waals surface area contributed by atoms with Crippen molar-refractivity contribution < 1.29 is 19.7 Å². The van der Waals surface area contributed by atoms with Crippen LogP contribution in [0.5, 0.6) is 5.75 Å². The van der Waals surface area contributed by atoms with Gasteiger partial charge in [-0.3, -0.25) is 4.79 Å². The molecule has 0 amide bonds. The Morgan fingerprint density at radius 2 is 2.00 bits per heavy atom. The molecule has 0 unspecified atom stereocenters. The van der Waals surface area contributed by atoms with E-state index >= 15 is 0 Å². The molecule has 0 aliphatic carbocycles. The van der Waals surface area contributed by atoms with E-state index < -0.39 is 11.4 Å². The second-order valence-electron chi connectivity index (χ2n) is 3.40. The first kappa shape index (κ1) is 9.02. The van der Waals surface area contributed by atoms with Crippen molar-refractivity contribution in [3.8, 4) is 5.75 Å². The molecule has 0 saturated carbocycles. The summed E-state index contributed by atoms with van der Waals surface area (Å²) in [5, 5.41) is 18.6. The Hall–Kier alpha value is -1.55. The number of ether oxygens (including phenoxy) is 1. The van der Waals surface area contributed by atoms with E-state index in [4.69, 9.17) is 9.84 Å². The van der Waals surface area contributed by atoms with E-state index in [0.29, 0.717) is 5.56 Å². The highest BCUT2D eigenvalue weighted by Crippen LogP contribution is 2.37. The summed E-state index contributed by atoms with van der Waals surface area (Å²) in [6.45, 7) is 0.250. The quantitative estimate of drug-likeness (QED) is 0.728.